The van der Waals surface area contributed by atoms with E-state index in [2.05, 4.69) is 15.8 Å². The topological polar surface area (TPSA) is 105 Å². The zero-order valence-corrected chi connectivity index (χ0v) is 14.9. The standard InChI is InChI=1S/C15H13F2N3O4S2/c1-26(23,24)10-6-4-9(5-7-10)12(21)19-20-13(22)11-3-2-8-18-14(11)25-15(16)17/h2-8,15H,1H3,(H,19,21)(H,20,22). The molecule has 0 bridgehead atoms. The summed E-state index contributed by atoms with van der Waals surface area (Å²) in [5.74, 6) is -4.27. The van der Waals surface area contributed by atoms with Gasteiger partial charge in [0, 0.05) is 18.0 Å². The Kier molecular flexibility index (Phi) is 6.27. The van der Waals surface area contributed by atoms with E-state index in [4.69, 9.17) is 0 Å². The van der Waals surface area contributed by atoms with Crippen molar-refractivity contribution in [2.24, 2.45) is 0 Å². The molecule has 138 valence electrons. The Morgan fingerprint density at radius 3 is 2.27 bits per heavy atom. The van der Waals surface area contributed by atoms with Crippen molar-refractivity contribution in [3.8, 4) is 0 Å². The molecule has 0 atom stereocenters. The molecule has 11 heteroatoms. The van der Waals surface area contributed by atoms with Gasteiger partial charge in [-0.2, -0.15) is 8.78 Å². The summed E-state index contributed by atoms with van der Waals surface area (Å²) >= 11 is 0.113. The number of amides is 2. The largest absolute Gasteiger partial charge is 0.290 e. The third kappa shape index (κ3) is 5.23. The van der Waals surface area contributed by atoms with Gasteiger partial charge in [0.2, 0.25) is 0 Å². The van der Waals surface area contributed by atoms with Crippen molar-refractivity contribution in [3.63, 3.8) is 0 Å². The second kappa shape index (κ2) is 8.23. The third-order valence-electron chi connectivity index (χ3n) is 3.05. The monoisotopic (exact) mass is 401 g/mol. The van der Waals surface area contributed by atoms with Gasteiger partial charge in [-0.05, 0) is 48.2 Å². The zero-order chi connectivity index (χ0) is 19.3. The molecule has 1 heterocycles. The molecule has 26 heavy (non-hydrogen) atoms. The van der Waals surface area contributed by atoms with Gasteiger partial charge in [-0.15, -0.1) is 0 Å². The molecule has 0 aliphatic heterocycles. The molecule has 0 saturated carbocycles. The van der Waals surface area contributed by atoms with Gasteiger partial charge in [-0.1, -0.05) is 0 Å². The fourth-order valence-corrected chi connectivity index (χ4v) is 3.06. The maximum atomic E-state index is 12.5. The molecule has 0 radical (unpaired) electrons. The first-order chi connectivity index (χ1) is 12.2. The fourth-order valence-electron chi connectivity index (χ4n) is 1.85. The Bertz CT molecular complexity index is 919. The van der Waals surface area contributed by atoms with Crippen LogP contribution in [0.5, 0.6) is 0 Å². The quantitative estimate of drug-likeness (QED) is 0.585. The lowest BCUT2D eigenvalue weighted by Crippen LogP contribution is -2.41. The van der Waals surface area contributed by atoms with Crippen LogP contribution in [-0.2, 0) is 9.84 Å². The highest BCUT2D eigenvalue weighted by molar-refractivity contribution is 7.99. The molecule has 0 aliphatic rings. The number of carbonyl (C=O) groups excluding carboxylic acids is 2. The maximum Gasteiger partial charge on any atom is 0.290 e. The van der Waals surface area contributed by atoms with Crippen molar-refractivity contribution < 1.29 is 26.8 Å². The van der Waals surface area contributed by atoms with Crippen LogP contribution in [0.2, 0.25) is 0 Å². The number of hydrogen-bond donors (Lipinski definition) is 2. The van der Waals surface area contributed by atoms with E-state index in [0.29, 0.717) is 0 Å². The number of rotatable bonds is 5. The van der Waals surface area contributed by atoms with Crippen molar-refractivity contribution in [2.75, 3.05) is 6.26 Å². The molecule has 1 aromatic carbocycles. The second-order valence-corrected chi connectivity index (χ2v) is 7.93. The van der Waals surface area contributed by atoms with Crippen molar-refractivity contribution in [3.05, 3.63) is 53.7 Å². The number of carbonyl (C=O) groups is 2. The predicted molar refractivity (Wildman–Crippen MR) is 90.6 cm³/mol. The SMILES string of the molecule is CS(=O)(=O)c1ccc(C(=O)NNC(=O)c2cccnc2SC(F)F)cc1. The molecule has 2 rings (SSSR count). The van der Waals surface area contributed by atoms with Gasteiger partial charge in [0.25, 0.3) is 17.6 Å². The summed E-state index contributed by atoms with van der Waals surface area (Å²) in [6.07, 6.45) is 2.30. The Balaban J connectivity index is 2.04. The highest BCUT2D eigenvalue weighted by atomic mass is 32.2. The number of benzene rings is 1. The number of sulfone groups is 1. The fraction of sp³-hybridized carbons (Fsp3) is 0.133. The van der Waals surface area contributed by atoms with E-state index in [9.17, 15) is 26.8 Å². The summed E-state index contributed by atoms with van der Waals surface area (Å²) < 4.78 is 47.7. The number of hydrazine groups is 1. The molecule has 0 saturated heterocycles. The normalized spacial score (nSPS) is 11.2. The van der Waals surface area contributed by atoms with E-state index in [1.54, 1.807) is 0 Å². The molecule has 2 amide bonds. The first-order valence-corrected chi connectivity index (χ1v) is 9.76. The first-order valence-electron chi connectivity index (χ1n) is 6.99. The Morgan fingerprint density at radius 2 is 1.69 bits per heavy atom. The van der Waals surface area contributed by atoms with Gasteiger partial charge >= 0.3 is 0 Å². The van der Waals surface area contributed by atoms with Crippen molar-refractivity contribution in [1.29, 1.82) is 0 Å². The lowest BCUT2D eigenvalue weighted by Gasteiger charge is -2.10. The average Bonchev–Trinajstić information content (AvgIpc) is 2.58. The molecule has 0 spiro atoms. The number of hydrogen-bond acceptors (Lipinski definition) is 6. The third-order valence-corrected chi connectivity index (χ3v) is 4.91. The van der Waals surface area contributed by atoms with Gasteiger partial charge in [0.1, 0.15) is 5.03 Å². The van der Waals surface area contributed by atoms with E-state index in [1.165, 1.54) is 42.6 Å². The van der Waals surface area contributed by atoms with Crippen LogP contribution in [-0.4, -0.2) is 37.2 Å². The summed E-state index contributed by atoms with van der Waals surface area (Å²) in [5.41, 5.74) is 4.21. The number of nitrogens with zero attached hydrogens (tertiary/aromatic N) is 1. The van der Waals surface area contributed by atoms with Crippen LogP contribution in [0.4, 0.5) is 8.78 Å². The Hall–Kier alpha value is -2.53. The minimum atomic E-state index is -3.39. The summed E-state index contributed by atoms with van der Waals surface area (Å²) in [4.78, 5) is 27.8. The number of pyridine rings is 1. The van der Waals surface area contributed by atoms with Gasteiger partial charge in [0.05, 0.1) is 10.5 Å². The smallest absolute Gasteiger partial charge is 0.267 e. The van der Waals surface area contributed by atoms with Gasteiger partial charge in [0.15, 0.2) is 9.84 Å². The van der Waals surface area contributed by atoms with E-state index < -0.39 is 27.4 Å². The summed E-state index contributed by atoms with van der Waals surface area (Å²) in [6, 6.07) is 7.76. The van der Waals surface area contributed by atoms with Crippen molar-refractivity contribution in [1.82, 2.24) is 15.8 Å². The van der Waals surface area contributed by atoms with Crippen LogP contribution in [0.15, 0.2) is 52.5 Å². The minimum absolute atomic E-state index is 0.0436. The summed E-state index contributed by atoms with van der Waals surface area (Å²) in [5, 5.41) is -0.174. The van der Waals surface area contributed by atoms with Gasteiger partial charge in [-0.25, -0.2) is 13.4 Å². The van der Waals surface area contributed by atoms with E-state index in [0.717, 1.165) is 6.26 Å². The van der Waals surface area contributed by atoms with Crippen LogP contribution in [0, 0.1) is 0 Å². The van der Waals surface area contributed by atoms with Crippen LogP contribution in [0.25, 0.3) is 0 Å². The first kappa shape index (κ1) is 19.8. The van der Waals surface area contributed by atoms with E-state index in [1.807, 2.05) is 0 Å². The van der Waals surface area contributed by atoms with Crippen LogP contribution < -0.4 is 10.9 Å². The molecule has 0 aliphatic carbocycles. The van der Waals surface area contributed by atoms with E-state index in [-0.39, 0.29) is 32.8 Å². The predicted octanol–water partition coefficient (Wildman–Crippen LogP) is 1.87. The van der Waals surface area contributed by atoms with Crippen molar-refractivity contribution >= 4 is 33.4 Å². The molecule has 2 N–H and O–H groups in total. The van der Waals surface area contributed by atoms with E-state index >= 15 is 0 Å². The summed E-state index contributed by atoms with van der Waals surface area (Å²) in [6.45, 7) is 0. The van der Waals surface area contributed by atoms with Gasteiger partial charge in [-0.3, -0.25) is 20.4 Å². The molecule has 0 unspecified atom stereocenters. The maximum absolute atomic E-state index is 12.5. The number of alkyl halides is 2. The van der Waals surface area contributed by atoms with Crippen LogP contribution in [0.3, 0.4) is 0 Å². The number of aromatic nitrogens is 1. The molecule has 7 nitrogen and oxygen atoms in total. The molecular weight excluding hydrogens is 388 g/mol. The average molecular weight is 401 g/mol. The zero-order valence-electron chi connectivity index (χ0n) is 13.3. The molecular formula is C15H13F2N3O4S2. The number of halogens is 2. The molecule has 2 aromatic rings. The number of nitrogens with one attached hydrogen (secondary N) is 2. The van der Waals surface area contributed by atoms with Crippen LogP contribution >= 0.6 is 11.8 Å². The Labute approximate surface area is 152 Å². The number of thioether (sulfide) groups is 1. The lowest BCUT2D eigenvalue weighted by atomic mass is 10.2. The molecule has 1 aromatic heterocycles. The molecule has 0 fully saturated rings. The highest BCUT2D eigenvalue weighted by Gasteiger charge is 2.17. The Morgan fingerprint density at radius 1 is 1.08 bits per heavy atom. The summed E-state index contributed by atoms with van der Waals surface area (Å²) in [7, 11) is -3.39. The second-order valence-electron chi connectivity index (χ2n) is 4.94. The minimum Gasteiger partial charge on any atom is -0.267 e. The van der Waals surface area contributed by atoms with Crippen molar-refractivity contribution in [2.45, 2.75) is 15.7 Å². The lowest BCUT2D eigenvalue weighted by molar-refractivity contribution is 0.0844. The van der Waals surface area contributed by atoms with Gasteiger partial charge < -0.3 is 0 Å². The van der Waals surface area contributed by atoms with Crippen LogP contribution in [0.1, 0.15) is 20.7 Å². The highest BCUT2D eigenvalue weighted by Crippen LogP contribution is 2.26.